The van der Waals surface area contributed by atoms with Gasteiger partial charge in [0.15, 0.2) is 0 Å². The SMILES string of the molecule is CCOC(=O)[C@@]1(CC)[C@@H]2CCCO[C@@H]21. The summed E-state index contributed by atoms with van der Waals surface area (Å²) in [5, 5.41) is 0. The highest BCUT2D eigenvalue weighted by atomic mass is 16.5. The second-order valence-corrected chi connectivity index (χ2v) is 4.15. The van der Waals surface area contributed by atoms with Crippen LogP contribution in [0.25, 0.3) is 0 Å². The topological polar surface area (TPSA) is 35.5 Å². The van der Waals surface area contributed by atoms with Crippen LogP contribution in [-0.4, -0.2) is 25.3 Å². The quantitative estimate of drug-likeness (QED) is 0.648. The van der Waals surface area contributed by atoms with Crippen molar-refractivity contribution in [2.24, 2.45) is 11.3 Å². The number of rotatable bonds is 3. The van der Waals surface area contributed by atoms with Crippen LogP contribution in [0.5, 0.6) is 0 Å². The van der Waals surface area contributed by atoms with Crippen LogP contribution in [0.4, 0.5) is 0 Å². The molecule has 1 saturated carbocycles. The van der Waals surface area contributed by atoms with Gasteiger partial charge in [-0.15, -0.1) is 0 Å². The van der Waals surface area contributed by atoms with Gasteiger partial charge < -0.3 is 9.47 Å². The average Bonchev–Trinajstić information content (AvgIpc) is 2.87. The van der Waals surface area contributed by atoms with Crippen molar-refractivity contribution in [1.29, 1.82) is 0 Å². The van der Waals surface area contributed by atoms with E-state index in [2.05, 4.69) is 6.92 Å². The zero-order chi connectivity index (χ0) is 10.2. The molecule has 3 heteroatoms. The smallest absolute Gasteiger partial charge is 0.315 e. The molecule has 14 heavy (non-hydrogen) atoms. The highest BCUT2D eigenvalue weighted by molar-refractivity contribution is 5.82. The van der Waals surface area contributed by atoms with E-state index in [-0.39, 0.29) is 17.5 Å². The molecule has 0 spiro atoms. The average molecular weight is 198 g/mol. The second kappa shape index (κ2) is 3.54. The van der Waals surface area contributed by atoms with Gasteiger partial charge in [-0.1, -0.05) is 6.92 Å². The molecule has 0 N–H and O–H groups in total. The lowest BCUT2D eigenvalue weighted by molar-refractivity contribution is -0.152. The van der Waals surface area contributed by atoms with Gasteiger partial charge >= 0.3 is 5.97 Å². The maximum atomic E-state index is 11.8. The summed E-state index contributed by atoms with van der Waals surface area (Å²) in [6, 6.07) is 0. The minimum Gasteiger partial charge on any atom is -0.465 e. The predicted molar refractivity (Wildman–Crippen MR) is 51.8 cm³/mol. The summed E-state index contributed by atoms with van der Waals surface area (Å²) in [6.45, 7) is 5.19. The molecule has 1 aliphatic heterocycles. The van der Waals surface area contributed by atoms with Crippen LogP contribution in [0.3, 0.4) is 0 Å². The largest absolute Gasteiger partial charge is 0.465 e. The molecule has 1 saturated heterocycles. The molecule has 0 aromatic rings. The summed E-state index contributed by atoms with van der Waals surface area (Å²) in [7, 11) is 0. The first-order valence-electron chi connectivity index (χ1n) is 5.56. The molecule has 0 bridgehead atoms. The summed E-state index contributed by atoms with van der Waals surface area (Å²) in [5.41, 5.74) is -0.285. The number of carbonyl (C=O) groups excluding carboxylic acids is 1. The van der Waals surface area contributed by atoms with Gasteiger partial charge in [0.2, 0.25) is 0 Å². The Kier molecular flexibility index (Phi) is 2.52. The standard InChI is InChI=1S/C11H18O3/c1-3-11(10(12)13-4-2)8-6-5-7-14-9(8)11/h8-9H,3-7H2,1-2H3/t8-,9+,11+/m1/s1. The van der Waals surface area contributed by atoms with Gasteiger partial charge in [0.05, 0.1) is 18.1 Å². The third-order valence-corrected chi connectivity index (χ3v) is 3.62. The van der Waals surface area contributed by atoms with Gasteiger partial charge in [-0.3, -0.25) is 4.79 Å². The normalized spacial score (nSPS) is 40.1. The van der Waals surface area contributed by atoms with Crippen molar-refractivity contribution >= 4 is 5.97 Å². The van der Waals surface area contributed by atoms with Crippen molar-refractivity contribution in [3.8, 4) is 0 Å². The van der Waals surface area contributed by atoms with E-state index >= 15 is 0 Å². The fraction of sp³-hybridized carbons (Fsp3) is 0.909. The van der Waals surface area contributed by atoms with Crippen LogP contribution in [0, 0.1) is 11.3 Å². The summed E-state index contributed by atoms with van der Waals surface area (Å²) in [4.78, 5) is 11.8. The summed E-state index contributed by atoms with van der Waals surface area (Å²) in [6.07, 6.45) is 3.21. The molecule has 1 heterocycles. The zero-order valence-corrected chi connectivity index (χ0v) is 8.91. The molecule has 2 aliphatic rings. The Balaban J connectivity index is 2.08. The number of esters is 1. The monoisotopic (exact) mass is 198 g/mol. The number of ether oxygens (including phenoxy) is 2. The van der Waals surface area contributed by atoms with Crippen LogP contribution in [-0.2, 0) is 14.3 Å². The van der Waals surface area contributed by atoms with E-state index in [0.717, 1.165) is 25.9 Å². The molecule has 2 fully saturated rings. The molecule has 80 valence electrons. The first kappa shape index (κ1) is 9.97. The highest BCUT2D eigenvalue weighted by Gasteiger charge is 2.70. The zero-order valence-electron chi connectivity index (χ0n) is 8.91. The molecule has 1 aliphatic carbocycles. The second-order valence-electron chi connectivity index (χ2n) is 4.15. The van der Waals surface area contributed by atoms with Gasteiger partial charge in [-0.2, -0.15) is 0 Å². The van der Waals surface area contributed by atoms with Crippen LogP contribution in [0.2, 0.25) is 0 Å². The first-order valence-corrected chi connectivity index (χ1v) is 5.56. The predicted octanol–water partition coefficient (Wildman–Crippen LogP) is 1.75. The fourth-order valence-corrected chi connectivity index (χ4v) is 2.81. The number of fused-ring (bicyclic) bond motifs is 1. The number of hydrogen-bond acceptors (Lipinski definition) is 3. The lowest BCUT2D eigenvalue weighted by Gasteiger charge is -2.12. The Hall–Kier alpha value is -0.570. The van der Waals surface area contributed by atoms with E-state index < -0.39 is 0 Å². The Morgan fingerprint density at radius 3 is 2.86 bits per heavy atom. The third-order valence-electron chi connectivity index (χ3n) is 3.62. The van der Waals surface area contributed by atoms with Gasteiger partial charge in [0.1, 0.15) is 0 Å². The van der Waals surface area contributed by atoms with Crippen molar-refractivity contribution in [3.63, 3.8) is 0 Å². The summed E-state index contributed by atoms with van der Waals surface area (Å²) < 4.78 is 10.8. The van der Waals surface area contributed by atoms with Crippen LogP contribution in [0.15, 0.2) is 0 Å². The van der Waals surface area contributed by atoms with Gasteiger partial charge in [-0.25, -0.2) is 0 Å². The van der Waals surface area contributed by atoms with Crippen molar-refractivity contribution in [1.82, 2.24) is 0 Å². The summed E-state index contributed by atoms with van der Waals surface area (Å²) in [5.74, 6) is 0.389. The molecule has 0 aromatic heterocycles. The molecule has 0 aromatic carbocycles. The number of hydrogen-bond donors (Lipinski definition) is 0. The van der Waals surface area contributed by atoms with Crippen molar-refractivity contribution in [2.75, 3.05) is 13.2 Å². The van der Waals surface area contributed by atoms with E-state index in [4.69, 9.17) is 9.47 Å². The number of carbonyl (C=O) groups is 1. The van der Waals surface area contributed by atoms with Crippen molar-refractivity contribution < 1.29 is 14.3 Å². The minimum atomic E-state index is -0.285. The molecule has 3 nitrogen and oxygen atoms in total. The van der Waals surface area contributed by atoms with Gasteiger partial charge in [0, 0.05) is 12.5 Å². The molecular formula is C11H18O3. The molecule has 2 rings (SSSR count). The van der Waals surface area contributed by atoms with Gasteiger partial charge in [0.25, 0.3) is 0 Å². The van der Waals surface area contributed by atoms with Crippen molar-refractivity contribution in [2.45, 2.75) is 39.2 Å². The fourth-order valence-electron chi connectivity index (χ4n) is 2.81. The molecular weight excluding hydrogens is 180 g/mol. The third kappa shape index (κ3) is 1.18. The lowest BCUT2D eigenvalue weighted by atomic mass is 9.98. The van der Waals surface area contributed by atoms with Crippen LogP contribution >= 0.6 is 0 Å². The Bertz CT molecular complexity index is 225. The van der Waals surface area contributed by atoms with E-state index in [1.807, 2.05) is 6.92 Å². The van der Waals surface area contributed by atoms with E-state index in [1.54, 1.807) is 0 Å². The van der Waals surface area contributed by atoms with Crippen LogP contribution in [0.1, 0.15) is 33.1 Å². The molecule has 3 atom stereocenters. The maximum Gasteiger partial charge on any atom is 0.315 e. The van der Waals surface area contributed by atoms with E-state index in [0.29, 0.717) is 12.5 Å². The lowest BCUT2D eigenvalue weighted by Crippen LogP contribution is -2.23. The van der Waals surface area contributed by atoms with Gasteiger partial charge in [-0.05, 0) is 26.2 Å². The van der Waals surface area contributed by atoms with E-state index in [1.165, 1.54) is 0 Å². The van der Waals surface area contributed by atoms with Crippen LogP contribution < -0.4 is 0 Å². The maximum absolute atomic E-state index is 11.8. The molecule has 0 amide bonds. The van der Waals surface area contributed by atoms with E-state index in [9.17, 15) is 4.79 Å². The Morgan fingerprint density at radius 1 is 1.57 bits per heavy atom. The minimum absolute atomic E-state index is 0.0422. The van der Waals surface area contributed by atoms with Crippen molar-refractivity contribution in [3.05, 3.63) is 0 Å². The Morgan fingerprint density at radius 2 is 2.36 bits per heavy atom. The Labute approximate surface area is 84.8 Å². The molecule has 0 unspecified atom stereocenters. The highest BCUT2D eigenvalue weighted by Crippen LogP contribution is 2.61. The first-order chi connectivity index (χ1) is 6.77. The molecule has 0 radical (unpaired) electrons. The summed E-state index contributed by atoms with van der Waals surface area (Å²) >= 11 is 0.